The first-order valence-corrected chi connectivity index (χ1v) is 8.50. The Bertz CT molecular complexity index is 745. The van der Waals surface area contributed by atoms with Crippen molar-refractivity contribution in [3.8, 4) is 0 Å². The highest BCUT2D eigenvalue weighted by Gasteiger charge is 2.62. The lowest BCUT2D eigenvalue weighted by molar-refractivity contribution is -0.154. The summed E-state index contributed by atoms with van der Waals surface area (Å²) in [6.07, 6.45) is 2.08. The summed E-state index contributed by atoms with van der Waals surface area (Å²) < 4.78 is 0. The van der Waals surface area contributed by atoms with Crippen molar-refractivity contribution in [1.29, 1.82) is 0 Å². The van der Waals surface area contributed by atoms with Crippen molar-refractivity contribution >= 4 is 23.5 Å². The van der Waals surface area contributed by atoms with Crippen LogP contribution in [0.2, 0.25) is 0 Å². The van der Waals surface area contributed by atoms with Crippen LogP contribution < -0.4 is 10.2 Å². The maximum absolute atomic E-state index is 13.3. The molecule has 24 heavy (non-hydrogen) atoms. The highest BCUT2D eigenvalue weighted by atomic mass is 16.2. The number of hydrogen-bond donors (Lipinski definition) is 1. The van der Waals surface area contributed by atoms with Crippen LogP contribution in [-0.4, -0.2) is 41.4 Å². The fraction of sp³-hybridized carbons (Fsp3) is 0.500. The lowest BCUT2D eigenvalue weighted by Gasteiger charge is -2.50. The molecule has 3 heterocycles. The molecule has 1 N–H and O–H groups in total. The van der Waals surface area contributed by atoms with E-state index in [9.17, 15) is 14.4 Å². The van der Waals surface area contributed by atoms with Crippen LogP contribution in [0.15, 0.2) is 24.3 Å². The van der Waals surface area contributed by atoms with Crippen LogP contribution in [0.25, 0.3) is 0 Å². The van der Waals surface area contributed by atoms with E-state index in [1.54, 1.807) is 13.8 Å². The zero-order chi connectivity index (χ0) is 17.1. The Balaban J connectivity index is 1.88. The molecular formula is C18H21N3O3. The van der Waals surface area contributed by atoms with Gasteiger partial charge in [0.15, 0.2) is 5.41 Å². The van der Waals surface area contributed by atoms with Crippen LogP contribution in [0.5, 0.6) is 0 Å². The normalized spacial score (nSPS) is 29.1. The standard InChI is InChI=1S/C18H21N3O3/c1-11(2)21-16(23)18(15(22)19-17(21)24)10-12-6-3-4-7-13(12)20-9-5-8-14(18)20/h3-4,6-7,11,14H,5,8-10H2,1-2H3,(H,19,22,24)/t14-,18-/m0/s1. The summed E-state index contributed by atoms with van der Waals surface area (Å²) in [6.45, 7) is 4.42. The molecule has 0 aliphatic carbocycles. The summed E-state index contributed by atoms with van der Waals surface area (Å²) in [5.41, 5.74) is 0.902. The molecule has 0 unspecified atom stereocenters. The number of carbonyl (C=O) groups is 3. The first-order valence-electron chi connectivity index (χ1n) is 8.50. The van der Waals surface area contributed by atoms with E-state index in [0.29, 0.717) is 6.42 Å². The molecule has 1 aromatic rings. The average Bonchev–Trinajstić information content (AvgIpc) is 3.02. The second-order valence-electron chi connectivity index (χ2n) is 7.16. The summed E-state index contributed by atoms with van der Waals surface area (Å²) >= 11 is 0. The minimum Gasteiger partial charge on any atom is -0.367 e. The van der Waals surface area contributed by atoms with Gasteiger partial charge in [-0.15, -0.1) is 0 Å². The van der Waals surface area contributed by atoms with Gasteiger partial charge in [0.25, 0.3) is 0 Å². The molecule has 0 bridgehead atoms. The van der Waals surface area contributed by atoms with Crippen molar-refractivity contribution in [3.63, 3.8) is 0 Å². The van der Waals surface area contributed by atoms with Crippen LogP contribution >= 0.6 is 0 Å². The molecule has 6 nitrogen and oxygen atoms in total. The fourth-order valence-corrected chi connectivity index (χ4v) is 4.52. The van der Waals surface area contributed by atoms with Gasteiger partial charge in [0, 0.05) is 18.3 Å². The predicted octanol–water partition coefficient (Wildman–Crippen LogP) is 1.68. The smallest absolute Gasteiger partial charge is 0.331 e. The van der Waals surface area contributed by atoms with Gasteiger partial charge < -0.3 is 4.90 Å². The van der Waals surface area contributed by atoms with Crippen LogP contribution in [0, 0.1) is 5.41 Å². The number of nitrogens with zero attached hydrogens (tertiary/aromatic N) is 2. The molecular weight excluding hydrogens is 306 g/mol. The average molecular weight is 327 g/mol. The number of benzene rings is 1. The molecule has 2 fully saturated rings. The number of imide groups is 2. The Morgan fingerprint density at radius 2 is 1.96 bits per heavy atom. The minimum absolute atomic E-state index is 0.186. The molecule has 2 saturated heterocycles. The SMILES string of the molecule is CC(C)N1C(=O)NC(=O)[C@@]2(Cc3ccccc3N3CCC[C@H]32)C1=O. The van der Waals surface area contributed by atoms with Gasteiger partial charge in [0.05, 0.1) is 6.04 Å². The maximum Gasteiger partial charge on any atom is 0.331 e. The van der Waals surface area contributed by atoms with Crippen molar-refractivity contribution in [3.05, 3.63) is 29.8 Å². The largest absolute Gasteiger partial charge is 0.367 e. The van der Waals surface area contributed by atoms with E-state index in [-0.39, 0.29) is 18.0 Å². The topological polar surface area (TPSA) is 69.7 Å². The maximum atomic E-state index is 13.3. The van der Waals surface area contributed by atoms with Gasteiger partial charge in [0.2, 0.25) is 11.8 Å². The number of urea groups is 1. The molecule has 0 aromatic heterocycles. The van der Waals surface area contributed by atoms with Crippen molar-refractivity contribution < 1.29 is 14.4 Å². The third-order valence-electron chi connectivity index (χ3n) is 5.55. The Morgan fingerprint density at radius 1 is 1.21 bits per heavy atom. The van der Waals surface area contributed by atoms with Crippen molar-refractivity contribution in [2.75, 3.05) is 11.4 Å². The molecule has 1 aromatic carbocycles. The first-order chi connectivity index (χ1) is 11.5. The van der Waals surface area contributed by atoms with E-state index in [2.05, 4.69) is 16.3 Å². The summed E-state index contributed by atoms with van der Waals surface area (Å²) in [4.78, 5) is 41.8. The van der Waals surface area contributed by atoms with E-state index in [0.717, 1.165) is 30.6 Å². The van der Waals surface area contributed by atoms with Crippen molar-refractivity contribution in [2.45, 2.75) is 45.2 Å². The number of hydrogen-bond acceptors (Lipinski definition) is 4. The number of nitrogens with one attached hydrogen (secondary N) is 1. The number of rotatable bonds is 1. The van der Waals surface area contributed by atoms with Crippen LogP contribution in [0.4, 0.5) is 10.5 Å². The van der Waals surface area contributed by atoms with Gasteiger partial charge in [-0.2, -0.15) is 0 Å². The highest BCUT2D eigenvalue weighted by molar-refractivity contribution is 6.20. The molecule has 4 rings (SSSR count). The van der Waals surface area contributed by atoms with Crippen LogP contribution in [0.3, 0.4) is 0 Å². The van der Waals surface area contributed by atoms with E-state index in [1.165, 1.54) is 4.90 Å². The zero-order valence-corrected chi connectivity index (χ0v) is 13.9. The van der Waals surface area contributed by atoms with E-state index >= 15 is 0 Å². The van der Waals surface area contributed by atoms with Gasteiger partial charge in [0.1, 0.15) is 0 Å². The summed E-state index contributed by atoms with van der Waals surface area (Å²) in [5.74, 6) is -0.793. The summed E-state index contributed by atoms with van der Waals surface area (Å²) in [7, 11) is 0. The first kappa shape index (κ1) is 15.2. The summed E-state index contributed by atoms with van der Waals surface area (Å²) in [6, 6.07) is 6.87. The minimum atomic E-state index is -1.21. The fourth-order valence-electron chi connectivity index (χ4n) is 4.52. The predicted molar refractivity (Wildman–Crippen MR) is 88.5 cm³/mol. The number of amides is 4. The molecule has 6 heteroatoms. The van der Waals surface area contributed by atoms with Gasteiger partial charge >= 0.3 is 6.03 Å². The molecule has 4 amide bonds. The molecule has 126 valence electrons. The Labute approximate surface area is 140 Å². The quantitative estimate of drug-likeness (QED) is 0.797. The van der Waals surface area contributed by atoms with Crippen LogP contribution in [0.1, 0.15) is 32.3 Å². The second kappa shape index (κ2) is 5.06. The van der Waals surface area contributed by atoms with E-state index in [1.807, 2.05) is 18.2 Å². The van der Waals surface area contributed by atoms with Crippen molar-refractivity contribution in [2.24, 2.45) is 5.41 Å². The Hall–Kier alpha value is -2.37. The van der Waals surface area contributed by atoms with Gasteiger partial charge in [-0.1, -0.05) is 18.2 Å². The number of barbiturate groups is 1. The Morgan fingerprint density at radius 3 is 2.71 bits per heavy atom. The molecule has 0 radical (unpaired) electrons. The van der Waals surface area contributed by atoms with E-state index in [4.69, 9.17) is 0 Å². The number of anilines is 1. The monoisotopic (exact) mass is 327 g/mol. The van der Waals surface area contributed by atoms with Gasteiger partial charge in [-0.25, -0.2) is 4.79 Å². The van der Waals surface area contributed by atoms with Crippen LogP contribution in [-0.2, 0) is 16.0 Å². The number of carbonyl (C=O) groups excluding carboxylic acids is 3. The second-order valence-corrected chi connectivity index (χ2v) is 7.16. The lowest BCUT2D eigenvalue weighted by atomic mass is 9.68. The molecule has 3 aliphatic heterocycles. The number of fused-ring (bicyclic) bond motifs is 4. The molecule has 3 aliphatic rings. The zero-order valence-electron chi connectivity index (χ0n) is 13.9. The molecule has 1 spiro atoms. The lowest BCUT2D eigenvalue weighted by Crippen LogP contribution is -2.72. The third-order valence-corrected chi connectivity index (χ3v) is 5.55. The highest BCUT2D eigenvalue weighted by Crippen LogP contribution is 2.48. The summed E-state index contributed by atoms with van der Waals surface area (Å²) in [5, 5.41) is 2.45. The van der Waals surface area contributed by atoms with Gasteiger partial charge in [-0.3, -0.25) is 19.8 Å². The van der Waals surface area contributed by atoms with Crippen molar-refractivity contribution in [1.82, 2.24) is 10.2 Å². The number of para-hydroxylation sites is 1. The van der Waals surface area contributed by atoms with E-state index < -0.39 is 17.4 Å². The third kappa shape index (κ3) is 1.79. The Kier molecular flexibility index (Phi) is 3.20. The van der Waals surface area contributed by atoms with Gasteiger partial charge in [-0.05, 0) is 44.7 Å². The molecule has 2 atom stereocenters. The molecule has 0 saturated carbocycles.